The van der Waals surface area contributed by atoms with E-state index in [-0.39, 0.29) is 22.8 Å². The standard InChI is InChI=1S/C10H8ClNO5/c1-17-10-7(9(14)4-11)2-6(5-13)3-8(10)12(15)16/h2-3,5H,4H2,1H3. The number of aldehydes is 1. The zero-order valence-corrected chi connectivity index (χ0v) is 9.56. The number of alkyl halides is 1. The molecule has 17 heavy (non-hydrogen) atoms. The van der Waals surface area contributed by atoms with Crippen molar-refractivity contribution in [3.63, 3.8) is 0 Å². The topological polar surface area (TPSA) is 86.5 Å². The molecule has 0 radical (unpaired) electrons. The molecular weight excluding hydrogens is 250 g/mol. The van der Waals surface area contributed by atoms with Crippen molar-refractivity contribution in [1.82, 2.24) is 0 Å². The largest absolute Gasteiger partial charge is 0.490 e. The Hall–Kier alpha value is -1.95. The van der Waals surface area contributed by atoms with Crippen LogP contribution < -0.4 is 4.74 Å². The SMILES string of the molecule is COc1c(C(=O)CCl)cc(C=O)cc1[N+](=O)[O-]. The van der Waals surface area contributed by atoms with E-state index >= 15 is 0 Å². The quantitative estimate of drug-likeness (QED) is 0.264. The predicted octanol–water partition coefficient (Wildman–Crippen LogP) is 1.84. The second-order valence-electron chi connectivity index (χ2n) is 3.05. The van der Waals surface area contributed by atoms with Gasteiger partial charge >= 0.3 is 5.69 Å². The number of hydrogen-bond acceptors (Lipinski definition) is 5. The number of rotatable bonds is 5. The molecule has 0 bridgehead atoms. The van der Waals surface area contributed by atoms with Gasteiger partial charge in [0.25, 0.3) is 0 Å². The molecule has 0 atom stereocenters. The molecule has 1 rings (SSSR count). The third-order valence-electron chi connectivity index (χ3n) is 2.05. The molecule has 0 aliphatic heterocycles. The number of hydrogen-bond donors (Lipinski definition) is 0. The minimum atomic E-state index is -0.725. The molecule has 0 aliphatic rings. The molecular formula is C10H8ClNO5. The van der Waals surface area contributed by atoms with Crippen LogP contribution in [0.5, 0.6) is 5.75 Å². The Labute approximate surface area is 101 Å². The number of nitro benzene ring substituents is 1. The van der Waals surface area contributed by atoms with Crippen LogP contribution in [0.2, 0.25) is 0 Å². The maximum absolute atomic E-state index is 11.5. The van der Waals surface area contributed by atoms with Crippen LogP contribution in [0.15, 0.2) is 12.1 Å². The monoisotopic (exact) mass is 257 g/mol. The van der Waals surface area contributed by atoms with Gasteiger partial charge in [-0.05, 0) is 6.07 Å². The fraction of sp³-hybridized carbons (Fsp3) is 0.200. The van der Waals surface area contributed by atoms with Crippen molar-refractivity contribution >= 4 is 29.4 Å². The van der Waals surface area contributed by atoms with Gasteiger partial charge in [-0.3, -0.25) is 19.7 Å². The van der Waals surface area contributed by atoms with E-state index in [1.165, 1.54) is 13.2 Å². The van der Waals surface area contributed by atoms with Gasteiger partial charge in [0.1, 0.15) is 6.29 Å². The second-order valence-corrected chi connectivity index (χ2v) is 3.32. The molecule has 1 aromatic carbocycles. The van der Waals surface area contributed by atoms with Gasteiger partial charge in [-0.2, -0.15) is 0 Å². The van der Waals surface area contributed by atoms with Crippen LogP contribution in [0.4, 0.5) is 5.69 Å². The minimum Gasteiger partial charge on any atom is -0.490 e. The molecule has 0 saturated carbocycles. The summed E-state index contributed by atoms with van der Waals surface area (Å²) in [7, 11) is 1.20. The molecule has 0 saturated heterocycles. The van der Waals surface area contributed by atoms with Crippen molar-refractivity contribution in [1.29, 1.82) is 0 Å². The van der Waals surface area contributed by atoms with Crippen LogP contribution in [-0.4, -0.2) is 30.0 Å². The number of Topliss-reactive ketones (excluding diaryl/α,β-unsaturated/α-hetero) is 1. The number of nitro groups is 1. The van der Waals surface area contributed by atoms with Crippen LogP contribution in [0.25, 0.3) is 0 Å². The third-order valence-corrected chi connectivity index (χ3v) is 2.29. The minimum absolute atomic E-state index is 0.0194. The Morgan fingerprint density at radius 2 is 2.24 bits per heavy atom. The molecule has 0 fully saturated rings. The lowest BCUT2D eigenvalue weighted by Gasteiger charge is -2.07. The van der Waals surface area contributed by atoms with E-state index in [4.69, 9.17) is 16.3 Å². The Morgan fingerprint density at radius 3 is 2.65 bits per heavy atom. The fourth-order valence-corrected chi connectivity index (χ4v) is 1.48. The molecule has 7 heteroatoms. The highest BCUT2D eigenvalue weighted by molar-refractivity contribution is 6.31. The highest BCUT2D eigenvalue weighted by Gasteiger charge is 2.23. The summed E-state index contributed by atoms with van der Waals surface area (Å²) in [5, 5.41) is 10.8. The number of carbonyl (C=O) groups is 2. The Morgan fingerprint density at radius 1 is 1.59 bits per heavy atom. The van der Waals surface area contributed by atoms with Crippen LogP contribution in [0.3, 0.4) is 0 Å². The molecule has 1 aromatic rings. The summed E-state index contributed by atoms with van der Waals surface area (Å²) >= 11 is 5.38. The summed E-state index contributed by atoms with van der Waals surface area (Å²) in [6, 6.07) is 2.25. The first kappa shape index (κ1) is 13.1. The zero-order chi connectivity index (χ0) is 13.0. The number of methoxy groups -OCH3 is 1. The number of carbonyl (C=O) groups excluding carboxylic acids is 2. The van der Waals surface area contributed by atoms with Crippen molar-refractivity contribution in [3.8, 4) is 5.75 Å². The van der Waals surface area contributed by atoms with Crippen LogP contribution in [0, 0.1) is 10.1 Å². The van der Waals surface area contributed by atoms with Crippen LogP contribution in [0.1, 0.15) is 20.7 Å². The smallest absolute Gasteiger partial charge is 0.312 e. The molecule has 0 aromatic heterocycles. The summed E-state index contributed by atoms with van der Waals surface area (Å²) in [4.78, 5) is 32.2. The fourth-order valence-electron chi connectivity index (χ4n) is 1.33. The second kappa shape index (κ2) is 5.40. The summed E-state index contributed by atoms with van der Waals surface area (Å²) < 4.78 is 4.82. The van der Waals surface area contributed by atoms with E-state index in [0.717, 1.165) is 6.07 Å². The predicted molar refractivity (Wildman–Crippen MR) is 60.1 cm³/mol. The van der Waals surface area contributed by atoms with Gasteiger partial charge < -0.3 is 4.74 Å². The van der Waals surface area contributed by atoms with E-state index in [2.05, 4.69) is 0 Å². The average Bonchev–Trinajstić information content (AvgIpc) is 2.35. The summed E-state index contributed by atoms with van der Waals surface area (Å²) in [5.74, 6) is -1.09. The number of ether oxygens (including phenoxy) is 1. The number of halogens is 1. The van der Waals surface area contributed by atoms with Gasteiger partial charge in [-0.25, -0.2) is 0 Å². The highest BCUT2D eigenvalue weighted by Crippen LogP contribution is 2.32. The van der Waals surface area contributed by atoms with Crippen molar-refractivity contribution in [2.45, 2.75) is 0 Å². The first-order valence-electron chi connectivity index (χ1n) is 4.46. The number of nitrogens with zero attached hydrogens (tertiary/aromatic N) is 1. The first-order valence-corrected chi connectivity index (χ1v) is 4.99. The number of ketones is 1. The van der Waals surface area contributed by atoms with E-state index in [1.807, 2.05) is 0 Å². The van der Waals surface area contributed by atoms with Gasteiger partial charge in [0.15, 0.2) is 5.78 Å². The first-order chi connectivity index (χ1) is 8.04. The summed E-state index contributed by atoms with van der Waals surface area (Å²) in [6.07, 6.45) is 0.414. The van der Waals surface area contributed by atoms with Gasteiger partial charge in [-0.1, -0.05) is 0 Å². The van der Waals surface area contributed by atoms with Gasteiger partial charge in [-0.15, -0.1) is 11.6 Å². The lowest BCUT2D eigenvalue weighted by atomic mass is 10.1. The molecule has 0 heterocycles. The maximum atomic E-state index is 11.5. The normalized spacial score (nSPS) is 9.76. The van der Waals surface area contributed by atoms with Crippen molar-refractivity contribution in [3.05, 3.63) is 33.4 Å². The lowest BCUT2D eigenvalue weighted by molar-refractivity contribution is -0.385. The lowest BCUT2D eigenvalue weighted by Crippen LogP contribution is -2.07. The molecule has 0 amide bonds. The Balaban J connectivity index is 3.55. The molecule has 0 unspecified atom stereocenters. The number of benzene rings is 1. The maximum Gasteiger partial charge on any atom is 0.312 e. The zero-order valence-electron chi connectivity index (χ0n) is 8.81. The van der Waals surface area contributed by atoms with E-state index in [0.29, 0.717) is 6.29 Å². The molecule has 90 valence electrons. The third kappa shape index (κ3) is 2.59. The highest BCUT2D eigenvalue weighted by atomic mass is 35.5. The van der Waals surface area contributed by atoms with Gasteiger partial charge in [0, 0.05) is 11.6 Å². The van der Waals surface area contributed by atoms with Gasteiger partial charge in [0.2, 0.25) is 5.75 Å². The van der Waals surface area contributed by atoms with E-state index in [9.17, 15) is 19.7 Å². The van der Waals surface area contributed by atoms with E-state index in [1.54, 1.807) is 0 Å². The van der Waals surface area contributed by atoms with Crippen molar-refractivity contribution < 1.29 is 19.2 Å². The van der Waals surface area contributed by atoms with Crippen molar-refractivity contribution in [2.24, 2.45) is 0 Å². The molecule has 0 spiro atoms. The summed E-state index contributed by atoms with van der Waals surface area (Å²) in [5.41, 5.74) is -0.490. The molecule has 6 nitrogen and oxygen atoms in total. The van der Waals surface area contributed by atoms with Crippen LogP contribution in [-0.2, 0) is 0 Å². The van der Waals surface area contributed by atoms with Crippen molar-refractivity contribution in [2.75, 3.05) is 13.0 Å². The average molecular weight is 258 g/mol. The summed E-state index contributed by atoms with van der Waals surface area (Å²) in [6.45, 7) is 0. The molecule has 0 N–H and O–H groups in total. The van der Waals surface area contributed by atoms with Gasteiger partial charge in [0.05, 0.1) is 23.5 Å². The van der Waals surface area contributed by atoms with E-state index < -0.39 is 16.4 Å². The Bertz CT molecular complexity index is 486. The Kier molecular flexibility index (Phi) is 4.17. The molecule has 0 aliphatic carbocycles. The van der Waals surface area contributed by atoms with Crippen LogP contribution >= 0.6 is 11.6 Å².